The van der Waals surface area contributed by atoms with E-state index < -0.39 is 35.0 Å². The van der Waals surface area contributed by atoms with Gasteiger partial charge in [0.1, 0.15) is 12.1 Å². The summed E-state index contributed by atoms with van der Waals surface area (Å²) in [5, 5.41) is 3.83. The molecule has 0 radical (unpaired) electrons. The Morgan fingerprint density at radius 1 is 0.852 bits per heavy atom. The standard InChI is InChI=1S/C16H9F7N4/c17-12-3-8(1-2-13(12)24)14-25-7-27(26-14)11-5-9(15(18,19)20)4-10(6-11)16(21,22)23/h1-7H,24H2. The highest BCUT2D eigenvalue weighted by Gasteiger charge is 2.37. The van der Waals surface area contributed by atoms with Gasteiger partial charge in [0.15, 0.2) is 5.82 Å². The summed E-state index contributed by atoms with van der Waals surface area (Å²) >= 11 is 0. The Morgan fingerprint density at radius 3 is 1.96 bits per heavy atom. The minimum Gasteiger partial charge on any atom is -0.396 e. The van der Waals surface area contributed by atoms with E-state index >= 15 is 0 Å². The number of hydrogen-bond acceptors (Lipinski definition) is 3. The van der Waals surface area contributed by atoms with E-state index in [9.17, 15) is 30.7 Å². The Labute approximate surface area is 147 Å². The molecule has 0 amide bonds. The molecule has 2 aromatic carbocycles. The van der Waals surface area contributed by atoms with E-state index in [1.165, 1.54) is 12.1 Å². The summed E-state index contributed by atoms with van der Waals surface area (Å²) in [6.07, 6.45) is -9.04. The van der Waals surface area contributed by atoms with Crippen molar-refractivity contribution in [3.05, 3.63) is 59.7 Å². The molecular formula is C16H9F7N4. The van der Waals surface area contributed by atoms with Crippen LogP contribution in [0.2, 0.25) is 0 Å². The van der Waals surface area contributed by atoms with Crippen LogP contribution in [0.25, 0.3) is 17.1 Å². The van der Waals surface area contributed by atoms with Gasteiger partial charge in [-0.05, 0) is 36.4 Å². The van der Waals surface area contributed by atoms with Gasteiger partial charge in [0.25, 0.3) is 0 Å². The molecular weight excluding hydrogens is 381 g/mol. The van der Waals surface area contributed by atoms with Crippen LogP contribution >= 0.6 is 0 Å². The normalized spacial score (nSPS) is 12.4. The fraction of sp³-hybridized carbons (Fsp3) is 0.125. The predicted octanol–water partition coefficient (Wildman–Crippen LogP) is 4.69. The minimum atomic E-state index is -4.99. The molecule has 0 spiro atoms. The molecule has 0 atom stereocenters. The Morgan fingerprint density at radius 2 is 1.44 bits per heavy atom. The number of benzene rings is 2. The Kier molecular flexibility index (Phi) is 4.32. The molecule has 142 valence electrons. The van der Waals surface area contributed by atoms with E-state index in [2.05, 4.69) is 10.1 Å². The number of anilines is 1. The SMILES string of the molecule is Nc1ccc(-c2ncn(-c3cc(C(F)(F)F)cc(C(F)(F)F)c3)n2)cc1F. The maximum Gasteiger partial charge on any atom is 0.416 e. The topological polar surface area (TPSA) is 56.7 Å². The van der Waals surface area contributed by atoms with Crippen LogP contribution in [0.5, 0.6) is 0 Å². The third kappa shape index (κ3) is 3.86. The second-order valence-electron chi connectivity index (χ2n) is 5.51. The van der Waals surface area contributed by atoms with Gasteiger partial charge in [-0.2, -0.15) is 26.3 Å². The van der Waals surface area contributed by atoms with Gasteiger partial charge in [0.05, 0.1) is 22.5 Å². The zero-order chi connectivity index (χ0) is 20.0. The van der Waals surface area contributed by atoms with E-state index in [0.717, 1.165) is 17.1 Å². The maximum atomic E-state index is 13.5. The number of nitrogens with two attached hydrogens (primary N) is 1. The van der Waals surface area contributed by atoms with Crippen LogP contribution in [-0.4, -0.2) is 14.8 Å². The first-order valence-electron chi connectivity index (χ1n) is 7.22. The summed E-state index contributed by atoms with van der Waals surface area (Å²) in [6.45, 7) is 0. The molecule has 11 heteroatoms. The average molecular weight is 390 g/mol. The second kappa shape index (κ2) is 6.25. The molecule has 0 bridgehead atoms. The Balaban J connectivity index is 2.09. The zero-order valence-electron chi connectivity index (χ0n) is 13.1. The minimum absolute atomic E-state index is 0.0106. The number of nitrogens with zero attached hydrogens (tertiary/aromatic N) is 3. The Bertz CT molecular complexity index is 957. The van der Waals surface area contributed by atoms with E-state index in [0.29, 0.717) is 12.1 Å². The highest BCUT2D eigenvalue weighted by molar-refractivity contribution is 5.59. The molecule has 3 rings (SSSR count). The number of aromatic nitrogens is 3. The van der Waals surface area contributed by atoms with Crippen molar-refractivity contribution in [1.29, 1.82) is 0 Å². The van der Waals surface area contributed by atoms with E-state index in [4.69, 9.17) is 5.73 Å². The molecule has 1 heterocycles. The summed E-state index contributed by atoms with van der Waals surface area (Å²) < 4.78 is 91.9. The van der Waals surface area contributed by atoms with Crippen LogP contribution in [0.3, 0.4) is 0 Å². The van der Waals surface area contributed by atoms with Crippen molar-refractivity contribution < 1.29 is 30.7 Å². The number of hydrogen-bond donors (Lipinski definition) is 1. The van der Waals surface area contributed by atoms with Crippen molar-refractivity contribution in [2.75, 3.05) is 5.73 Å². The Hall–Kier alpha value is -3.11. The molecule has 4 nitrogen and oxygen atoms in total. The van der Waals surface area contributed by atoms with Gasteiger partial charge in [0, 0.05) is 5.56 Å². The lowest BCUT2D eigenvalue weighted by Gasteiger charge is -2.13. The largest absolute Gasteiger partial charge is 0.416 e. The van der Waals surface area contributed by atoms with Crippen LogP contribution in [0.4, 0.5) is 36.4 Å². The summed E-state index contributed by atoms with van der Waals surface area (Å²) in [4.78, 5) is 3.80. The third-order valence-electron chi connectivity index (χ3n) is 3.59. The predicted molar refractivity (Wildman–Crippen MR) is 81.2 cm³/mol. The monoisotopic (exact) mass is 390 g/mol. The first kappa shape index (κ1) is 18.7. The summed E-state index contributed by atoms with van der Waals surface area (Å²) in [6, 6.07) is 4.64. The van der Waals surface area contributed by atoms with Gasteiger partial charge in [-0.25, -0.2) is 14.1 Å². The van der Waals surface area contributed by atoms with Crippen LogP contribution < -0.4 is 5.73 Å². The fourth-order valence-corrected chi connectivity index (χ4v) is 2.26. The molecule has 0 saturated heterocycles. The molecule has 0 aliphatic rings. The first-order valence-corrected chi connectivity index (χ1v) is 7.22. The van der Waals surface area contributed by atoms with Gasteiger partial charge in [-0.1, -0.05) is 0 Å². The third-order valence-corrected chi connectivity index (χ3v) is 3.59. The molecule has 2 N–H and O–H groups in total. The van der Waals surface area contributed by atoms with Crippen molar-refractivity contribution in [1.82, 2.24) is 14.8 Å². The smallest absolute Gasteiger partial charge is 0.396 e. The van der Waals surface area contributed by atoms with Gasteiger partial charge in [-0.3, -0.25) is 0 Å². The summed E-state index contributed by atoms with van der Waals surface area (Å²) in [5.41, 5.74) is 1.91. The van der Waals surface area contributed by atoms with E-state index in [1.807, 2.05) is 0 Å². The van der Waals surface area contributed by atoms with Crippen LogP contribution in [0.1, 0.15) is 11.1 Å². The highest BCUT2D eigenvalue weighted by Crippen LogP contribution is 2.37. The van der Waals surface area contributed by atoms with Crippen molar-refractivity contribution >= 4 is 5.69 Å². The second-order valence-corrected chi connectivity index (χ2v) is 5.51. The van der Waals surface area contributed by atoms with Gasteiger partial charge >= 0.3 is 12.4 Å². The van der Waals surface area contributed by atoms with Crippen molar-refractivity contribution in [3.63, 3.8) is 0 Å². The summed E-state index contributed by atoms with van der Waals surface area (Å²) in [7, 11) is 0. The zero-order valence-corrected chi connectivity index (χ0v) is 13.1. The van der Waals surface area contributed by atoms with Crippen LogP contribution in [-0.2, 0) is 12.4 Å². The fourth-order valence-electron chi connectivity index (χ4n) is 2.26. The van der Waals surface area contributed by atoms with Crippen molar-refractivity contribution in [2.24, 2.45) is 0 Å². The van der Waals surface area contributed by atoms with Crippen molar-refractivity contribution in [3.8, 4) is 17.1 Å². The van der Waals surface area contributed by atoms with Gasteiger partial charge in [-0.15, -0.1) is 5.10 Å². The molecule has 27 heavy (non-hydrogen) atoms. The van der Waals surface area contributed by atoms with Gasteiger partial charge < -0.3 is 5.73 Å². The highest BCUT2D eigenvalue weighted by atomic mass is 19.4. The summed E-state index contributed by atoms with van der Waals surface area (Å²) in [5.74, 6) is -0.859. The lowest BCUT2D eigenvalue weighted by Crippen LogP contribution is -2.12. The van der Waals surface area contributed by atoms with Gasteiger partial charge in [0.2, 0.25) is 0 Å². The molecule has 0 fully saturated rings. The molecule has 0 aliphatic carbocycles. The van der Waals surface area contributed by atoms with E-state index in [-0.39, 0.29) is 23.1 Å². The number of rotatable bonds is 2. The lowest BCUT2D eigenvalue weighted by atomic mass is 10.1. The van der Waals surface area contributed by atoms with Crippen molar-refractivity contribution in [2.45, 2.75) is 12.4 Å². The quantitative estimate of drug-likeness (QED) is 0.510. The molecule has 3 aromatic rings. The number of alkyl halides is 6. The number of halogens is 7. The molecule has 0 unspecified atom stereocenters. The molecule has 0 aliphatic heterocycles. The molecule has 1 aromatic heterocycles. The first-order chi connectivity index (χ1) is 12.4. The lowest BCUT2D eigenvalue weighted by molar-refractivity contribution is -0.143. The van der Waals surface area contributed by atoms with Crippen LogP contribution in [0, 0.1) is 5.82 Å². The van der Waals surface area contributed by atoms with Crippen LogP contribution in [0.15, 0.2) is 42.7 Å². The maximum absolute atomic E-state index is 13.5. The van der Waals surface area contributed by atoms with E-state index in [1.54, 1.807) is 0 Å². The molecule has 0 saturated carbocycles. The number of nitrogen functional groups attached to an aromatic ring is 1. The average Bonchev–Trinajstić information content (AvgIpc) is 3.05.